The molecule has 0 saturated heterocycles. The van der Waals surface area contributed by atoms with E-state index >= 15 is 0 Å². The molecule has 2 N–H and O–H groups in total. The molecule has 0 saturated carbocycles. The van der Waals surface area contributed by atoms with Gasteiger partial charge in [0, 0.05) is 5.56 Å². The van der Waals surface area contributed by atoms with Gasteiger partial charge in [0.1, 0.15) is 4.99 Å². The van der Waals surface area contributed by atoms with Gasteiger partial charge in [-0.2, -0.15) is 5.43 Å². The highest BCUT2D eigenvalue weighted by molar-refractivity contribution is 7.96. The molecule has 0 unspecified atom stereocenters. The second-order valence-electron chi connectivity index (χ2n) is 5.03. The minimum atomic E-state index is -0.449. The third-order valence-electron chi connectivity index (χ3n) is 2.21. The van der Waals surface area contributed by atoms with Crippen LogP contribution in [0, 0.1) is 0 Å². The first kappa shape index (κ1) is 17.3. The molecule has 1 rings (SSSR count). The van der Waals surface area contributed by atoms with Gasteiger partial charge in [0.05, 0.1) is 18.3 Å². The zero-order valence-electron chi connectivity index (χ0n) is 12.4. The van der Waals surface area contributed by atoms with Gasteiger partial charge in [-0.05, 0) is 43.8 Å². The SMILES string of the molecule is COC(=O)c1cccc(C(NNOC(C)(C)C)=S=C=O)c1. The van der Waals surface area contributed by atoms with Crippen LogP contribution in [-0.4, -0.2) is 28.9 Å². The number of ether oxygens (including phenoxy) is 1. The van der Waals surface area contributed by atoms with E-state index in [0.717, 1.165) is 10.9 Å². The van der Waals surface area contributed by atoms with E-state index in [1.807, 2.05) is 20.8 Å². The normalized spacial score (nSPS) is 10.7. The number of nitrogens with one attached hydrogen (secondary N) is 2. The number of hydrogen-bond donors (Lipinski definition) is 2. The van der Waals surface area contributed by atoms with Crippen LogP contribution in [0.25, 0.3) is 0 Å². The summed E-state index contributed by atoms with van der Waals surface area (Å²) in [6.07, 6.45) is 0. The number of rotatable bonds is 4. The van der Waals surface area contributed by atoms with E-state index in [1.165, 1.54) is 7.11 Å². The molecule has 21 heavy (non-hydrogen) atoms. The van der Waals surface area contributed by atoms with Crippen LogP contribution in [-0.2, 0) is 14.4 Å². The van der Waals surface area contributed by atoms with Crippen molar-refractivity contribution in [3.63, 3.8) is 0 Å². The van der Waals surface area contributed by atoms with Gasteiger partial charge in [-0.15, -0.1) is 5.59 Å². The summed E-state index contributed by atoms with van der Waals surface area (Å²) in [5.74, 6) is -0.449. The Morgan fingerprint density at radius 3 is 2.52 bits per heavy atom. The van der Waals surface area contributed by atoms with E-state index in [1.54, 1.807) is 29.5 Å². The lowest BCUT2D eigenvalue weighted by Crippen LogP contribution is -2.42. The Balaban J connectivity index is 2.95. The minimum Gasteiger partial charge on any atom is -0.465 e. The van der Waals surface area contributed by atoms with E-state index in [2.05, 4.69) is 15.8 Å². The van der Waals surface area contributed by atoms with Gasteiger partial charge in [-0.1, -0.05) is 12.1 Å². The van der Waals surface area contributed by atoms with Crippen molar-refractivity contribution in [1.82, 2.24) is 11.0 Å². The quantitative estimate of drug-likeness (QED) is 0.499. The van der Waals surface area contributed by atoms with Crippen LogP contribution in [0.4, 0.5) is 0 Å². The van der Waals surface area contributed by atoms with Crippen molar-refractivity contribution >= 4 is 27.1 Å². The molecule has 1 aromatic rings. The van der Waals surface area contributed by atoms with Crippen LogP contribution in [0.5, 0.6) is 0 Å². The summed E-state index contributed by atoms with van der Waals surface area (Å²) in [4.78, 5) is 27.9. The maximum atomic E-state index is 11.5. The fourth-order valence-electron chi connectivity index (χ4n) is 1.33. The molecule has 0 radical (unpaired) electrons. The molecule has 0 heterocycles. The van der Waals surface area contributed by atoms with Crippen molar-refractivity contribution < 1.29 is 19.2 Å². The Morgan fingerprint density at radius 2 is 1.95 bits per heavy atom. The largest absolute Gasteiger partial charge is 0.465 e. The lowest BCUT2D eigenvalue weighted by atomic mass is 10.1. The molecule has 0 spiro atoms. The summed E-state index contributed by atoms with van der Waals surface area (Å²) in [5.41, 5.74) is 5.96. The van der Waals surface area contributed by atoms with E-state index in [0.29, 0.717) is 16.1 Å². The van der Waals surface area contributed by atoms with Crippen LogP contribution in [0.1, 0.15) is 36.7 Å². The molecule has 0 amide bonds. The van der Waals surface area contributed by atoms with Gasteiger partial charge < -0.3 is 4.74 Å². The summed E-state index contributed by atoms with van der Waals surface area (Å²) in [6.45, 7) is 5.62. The smallest absolute Gasteiger partial charge is 0.337 e. The molecule has 7 heteroatoms. The Kier molecular flexibility index (Phi) is 6.48. The Morgan fingerprint density at radius 1 is 1.29 bits per heavy atom. The molecule has 114 valence electrons. The van der Waals surface area contributed by atoms with Crippen LogP contribution in [0.15, 0.2) is 24.3 Å². The van der Waals surface area contributed by atoms with Crippen molar-refractivity contribution in [2.24, 2.45) is 0 Å². The van der Waals surface area contributed by atoms with Crippen molar-refractivity contribution in [3.05, 3.63) is 35.4 Å². The fourth-order valence-corrected chi connectivity index (χ4v) is 1.75. The number of carbonyl (C=O) groups excluding carboxylic acids is 2. The average Bonchev–Trinajstić information content (AvgIpc) is 2.44. The maximum absolute atomic E-state index is 11.5. The third kappa shape index (κ3) is 6.03. The third-order valence-corrected chi connectivity index (χ3v) is 2.84. The Bertz CT molecular complexity index is 597. The Labute approximate surface area is 126 Å². The van der Waals surface area contributed by atoms with Crippen LogP contribution in [0.3, 0.4) is 0 Å². The van der Waals surface area contributed by atoms with Crippen molar-refractivity contribution in [1.29, 1.82) is 0 Å². The number of hydrogen-bond acceptors (Lipinski definition) is 5. The predicted octanol–water partition coefficient (Wildman–Crippen LogP) is 1.58. The van der Waals surface area contributed by atoms with Gasteiger partial charge in [-0.3, -0.25) is 4.84 Å². The van der Waals surface area contributed by atoms with E-state index in [9.17, 15) is 9.59 Å². The van der Waals surface area contributed by atoms with Crippen LogP contribution >= 0.6 is 10.9 Å². The predicted molar refractivity (Wildman–Crippen MR) is 82.3 cm³/mol. The fraction of sp³-hybridized carbons (Fsp3) is 0.357. The lowest BCUT2D eigenvalue weighted by molar-refractivity contribution is -0.0832. The molecule has 0 aromatic heterocycles. The van der Waals surface area contributed by atoms with Gasteiger partial charge in [0.25, 0.3) is 0 Å². The molecule has 0 atom stereocenters. The van der Waals surface area contributed by atoms with Crippen molar-refractivity contribution in [3.8, 4) is 0 Å². The second kappa shape index (κ2) is 7.87. The van der Waals surface area contributed by atoms with E-state index in [-0.39, 0.29) is 0 Å². The maximum Gasteiger partial charge on any atom is 0.337 e. The minimum absolute atomic E-state index is 0.387. The highest BCUT2D eigenvalue weighted by atomic mass is 32.1. The van der Waals surface area contributed by atoms with Gasteiger partial charge in [0.15, 0.2) is 5.23 Å². The molecule has 6 nitrogen and oxygen atoms in total. The molecule has 0 aliphatic carbocycles. The van der Waals surface area contributed by atoms with E-state index in [4.69, 9.17) is 4.84 Å². The second-order valence-corrected chi connectivity index (χ2v) is 5.81. The number of methoxy groups -OCH3 is 1. The standard InChI is InChI=1S/C14H18N2O4S/c1-14(2,3)20-16-15-12(21-9-17)10-6-5-7-11(8-10)13(18)19-4/h5-8,15-16H,1-4H3. The monoisotopic (exact) mass is 310 g/mol. The highest BCUT2D eigenvalue weighted by Crippen LogP contribution is 2.08. The highest BCUT2D eigenvalue weighted by Gasteiger charge is 2.12. The first-order valence-electron chi connectivity index (χ1n) is 6.16. The summed E-state index contributed by atoms with van der Waals surface area (Å²) in [7, 11) is 2.12. The first-order valence-corrected chi connectivity index (χ1v) is 6.97. The molecule has 1 aromatic carbocycles. The summed E-state index contributed by atoms with van der Waals surface area (Å²) < 4.78 is 4.66. The first-order chi connectivity index (χ1) is 9.87. The molecule has 0 bridgehead atoms. The zero-order chi connectivity index (χ0) is 15.9. The van der Waals surface area contributed by atoms with Crippen LogP contribution < -0.4 is 11.0 Å². The molecule has 0 fully saturated rings. The van der Waals surface area contributed by atoms with Gasteiger partial charge in [-0.25, -0.2) is 9.59 Å². The van der Waals surface area contributed by atoms with Gasteiger partial charge in [0.2, 0.25) is 0 Å². The molecular formula is C14H18N2O4S. The van der Waals surface area contributed by atoms with E-state index < -0.39 is 11.6 Å². The number of hydrazine groups is 1. The molecule has 0 aliphatic heterocycles. The van der Waals surface area contributed by atoms with Gasteiger partial charge >= 0.3 is 5.97 Å². The number of benzene rings is 1. The number of carbonyl (C=O) groups is 1. The summed E-state index contributed by atoms with van der Waals surface area (Å²) in [5, 5.41) is 1.73. The zero-order valence-corrected chi connectivity index (χ0v) is 13.2. The number of esters is 1. The molecular weight excluding hydrogens is 292 g/mol. The summed E-state index contributed by atoms with van der Waals surface area (Å²) >= 11 is 0. The van der Waals surface area contributed by atoms with Crippen molar-refractivity contribution in [2.45, 2.75) is 26.4 Å². The van der Waals surface area contributed by atoms with Crippen molar-refractivity contribution in [2.75, 3.05) is 7.11 Å². The molecule has 0 aliphatic rings. The topological polar surface area (TPSA) is 76.7 Å². The van der Waals surface area contributed by atoms with Crippen LogP contribution in [0.2, 0.25) is 0 Å². The summed E-state index contributed by atoms with van der Waals surface area (Å²) in [6, 6.07) is 6.68. The lowest BCUT2D eigenvalue weighted by Gasteiger charge is -2.20. The average molecular weight is 310 g/mol. The Hall–Kier alpha value is -1.76.